The summed E-state index contributed by atoms with van der Waals surface area (Å²) in [6.07, 6.45) is 0. The number of ether oxygens (including phenoxy) is 1. The van der Waals surface area contributed by atoms with E-state index in [2.05, 4.69) is 20.8 Å². The summed E-state index contributed by atoms with van der Waals surface area (Å²) >= 11 is 0. The molecule has 0 spiro atoms. The summed E-state index contributed by atoms with van der Waals surface area (Å²) < 4.78 is 6.15. The number of hydrogen-bond donors (Lipinski definition) is 1. The summed E-state index contributed by atoms with van der Waals surface area (Å²) in [7, 11) is 0. The summed E-state index contributed by atoms with van der Waals surface area (Å²) in [5, 5.41) is 9.72. The Morgan fingerprint density at radius 1 is 0.958 bits per heavy atom. The largest absolute Gasteiger partial charge is 0.482 e. The second kappa shape index (κ2) is 6.31. The number of benzene rings is 2. The van der Waals surface area contributed by atoms with Crippen LogP contribution < -0.4 is 4.74 Å². The van der Waals surface area contributed by atoms with Crippen molar-refractivity contribution in [3.63, 3.8) is 0 Å². The Morgan fingerprint density at radius 2 is 1.54 bits per heavy atom. The zero-order chi connectivity index (χ0) is 18.1. The van der Waals surface area contributed by atoms with Crippen molar-refractivity contribution in [2.75, 3.05) is 0 Å². The summed E-state index contributed by atoms with van der Waals surface area (Å²) in [5.74, 6) is -0.556. The molecule has 0 fully saturated rings. The van der Waals surface area contributed by atoms with Gasteiger partial charge in [-0.1, -0.05) is 57.2 Å². The van der Waals surface area contributed by atoms with Crippen LogP contribution in [0, 0.1) is 6.92 Å². The van der Waals surface area contributed by atoms with Crippen molar-refractivity contribution < 1.29 is 14.6 Å². The third-order valence-corrected chi connectivity index (χ3v) is 4.28. The van der Waals surface area contributed by atoms with Crippen LogP contribution in [0.25, 0.3) is 0 Å². The SMILES string of the molecule is Cc1c(C(C)(C)C)ccc(OC(C)(C)c2ccccc2)c1C(=O)O. The highest BCUT2D eigenvalue weighted by Crippen LogP contribution is 2.36. The van der Waals surface area contributed by atoms with Gasteiger partial charge in [0.05, 0.1) is 0 Å². The van der Waals surface area contributed by atoms with Gasteiger partial charge in [-0.2, -0.15) is 0 Å². The van der Waals surface area contributed by atoms with E-state index in [1.54, 1.807) is 6.07 Å². The van der Waals surface area contributed by atoms with Crippen molar-refractivity contribution in [2.24, 2.45) is 0 Å². The quantitative estimate of drug-likeness (QED) is 0.828. The molecule has 0 unspecified atom stereocenters. The van der Waals surface area contributed by atoms with Crippen LogP contribution in [0.5, 0.6) is 5.75 Å². The van der Waals surface area contributed by atoms with Gasteiger partial charge in [0.25, 0.3) is 0 Å². The molecular formula is C21H26O3. The molecule has 0 atom stereocenters. The fourth-order valence-corrected chi connectivity index (χ4v) is 3.02. The van der Waals surface area contributed by atoms with Gasteiger partial charge >= 0.3 is 5.97 Å². The molecule has 1 N–H and O–H groups in total. The van der Waals surface area contributed by atoms with E-state index in [1.807, 2.05) is 57.2 Å². The second-order valence-corrected chi connectivity index (χ2v) is 7.64. The lowest BCUT2D eigenvalue weighted by atomic mass is 9.82. The highest BCUT2D eigenvalue weighted by Gasteiger charge is 2.28. The van der Waals surface area contributed by atoms with Crippen molar-refractivity contribution in [1.82, 2.24) is 0 Å². The van der Waals surface area contributed by atoms with Gasteiger partial charge in [-0.25, -0.2) is 4.79 Å². The zero-order valence-electron chi connectivity index (χ0n) is 15.3. The van der Waals surface area contributed by atoms with Crippen molar-refractivity contribution >= 4 is 5.97 Å². The summed E-state index contributed by atoms with van der Waals surface area (Å²) in [4.78, 5) is 11.9. The number of rotatable bonds is 4. The number of hydrogen-bond acceptors (Lipinski definition) is 2. The van der Waals surface area contributed by atoms with Gasteiger partial charge in [0.1, 0.15) is 16.9 Å². The summed E-state index contributed by atoms with van der Waals surface area (Å²) in [6.45, 7) is 12.0. The fourth-order valence-electron chi connectivity index (χ4n) is 3.02. The Morgan fingerprint density at radius 3 is 2.04 bits per heavy atom. The van der Waals surface area contributed by atoms with Crippen LogP contribution in [-0.2, 0) is 11.0 Å². The second-order valence-electron chi connectivity index (χ2n) is 7.64. The minimum atomic E-state index is -0.961. The predicted molar refractivity (Wildman–Crippen MR) is 96.9 cm³/mol. The van der Waals surface area contributed by atoms with E-state index in [0.717, 1.165) is 16.7 Å². The monoisotopic (exact) mass is 326 g/mol. The van der Waals surface area contributed by atoms with Crippen LogP contribution in [0.15, 0.2) is 42.5 Å². The Bertz CT molecular complexity index is 738. The number of aromatic carboxylic acids is 1. The van der Waals surface area contributed by atoms with Crippen LogP contribution in [-0.4, -0.2) is 11.1 Å². The molecule has 0 saturated heterocycles. The molecule has 0 saturated carbocycles. The van der Waals surface area contributed by atoms with Crippen LogP contribution in [0.4, 0.5) is 0 Å². The van der Waals surface area contributed by atoms with E-state index in [1.165, 1.54) is 0 Å². The van der Waals surface area contributed by atoms with Gasteiger partial charge in [-0.15, -0.1) is 0 Å². The van der Waals surface area contributed by atoms with E-state index in [0.29, 0.717) is 5.75 Å². The van der Waals surface area contributed by atoms with Gasteiger partial charge in [0.2, 0.25) is 0 Å². The highest BCUT2D eigenvalue weighted by atomic mass is 16.5. The van der Waals surface area contributed by atoms with E-state index < -0.39 is 11.6 Å². The van der Waals surface area contributed by atoms with Gasteiger partial charge in [-0.3, -0.25) is 0 Å². The lowest BCUT2D eigenvalue weighted by Crippen LogP contribution is -2.27. The normalized spacial score (nSPS) is 12.1. The molecule has 2 rings (SSSR count). The number of carboxylic acid groups (broad SMARTS) is 1. The first-order chi connectivity index (χ1) is 11.0. The summed E-state index contributed by atoms with van der Waals surface area (Å²) in [5.41, 5.74) is 2.27. The average Bonchev–Trinajstić information content (AvgIpc) is 2.46. The van der Waals surface area contributed by atoms with Crippen LogP contribution >= 0.6 is 0 Å². The lowest BCUT2D eigenvalue weighted by Gasteiger charge is -2.30. The van der Waals surface area contributed by atoms with Crippen molar-refractivity contribution in [2.45, 2.75) is 52.6 Å². The molecule has 0 radical (unpaired) electrons. The third-order valence-electron chi connectivity index (χ3n) is 4.28. The molecule has 2 aromatic rings. The van der Waals surface area contributed by atoms with Gasteiger partial charge in [-0.05, 0) is 48.9 Å². The molecule has 128 valence electrons. The van der Waals surface area contributed by atoms with E-state index in [4.69, 9.17) is 4.74 Å². The van der Waals surface area contributed by atoms with E-state index in [9.17, 15) is 9.90 Å². The predicted octanol–water partition coefficient (Wildman–Crippen LogP) is 5.30. The minimum Gasteiger partial charge on any atom is -0.482 e. The fraction of sp³-hybridized carbons (Fsp3) is 0.381. The lowest BCUT2D eigenvalue weighted by molar-refractivity contribution is 0.0671. The van der Waals surface area contributed by atoms with Gasteiger partial charge < -0.3 is 9.84 Å². The Labute approximate surface area is 144 Å². The molecule has 3 nitrogen and oxygen atoms in total. The smallest absolute Gasteiger partial charge is 0.339 e. The van der Waals surface area contributed by atoms with Crippen LogP contribution in [0.3, 0.4) is 0 Å². The number of carboxylic acids is 1. The molecule has 0 aromatic heterocycles. The molecule has 2 aromatic carbocycles. The Kier molecular flexibility index (Phi) is 4.75. The minimum absolute atomic E-state index is 0.123. The average molecular weight is 326 g/mol. The molecule has 0 aliphatic rings. The maximum atomic E-state index is 11.9. The van der Waals surface area contributed by atoms with E-state index >= 15 is 0 Å². The first kappa shape index (κ1) is 18.1. The molecular weight excluding hydrogens is 300 g/mol. The molecule has 3 heteroatoms. The molecule has 0 aliphatic heterocycles. The van der Waals surface area contributed by atoms with Gasteiger partial charge in [0.15, 0.2) is 0 Å². The van der Waals surface area contributed by atoms with Crippen molar-refractivity contribution in [3.8, 4) is 5.75 Å². The standard InChI is InChI=1S/C21H26O3/c1-14-16(20(2,3)4)12-13-17(18(14)19(22)23)24-21(5,6)15-10-8-7-9-11-15/h7-13H,1-6H3,(H,22,23). The topological polar surface area (TPSA) is 46.5 Å². The van der Waals surface area contributed by atoms with Gasteiger partial charge in [0, 0.05) is 0 Å². The first-order valence-electron chi connectivity index (χ1n) is 8.16. The van der Waals surface area contributed by atoms with Crippen LogP contribution in [0.1, 0.15) is 61.7 Å². The Balaban J connectivity index is 2.52. The van der Waals surface area contributed by atoms with Crippen LogP contribution in [0.2, 0.25) is 0 Å². The molecule has 0 bridgehead atoms. The molecule has 0 heterocycles. The van der Waals surface area contributed by atoms with Crippen molar-refractivity contribution in [3.05, 3.63) is 64.7 Å². The summed E-state index contributed by atoms with van der Waals surface area (Å²) in [6, 6.07) is 13.6. The number of carbonyl (C=O) groups is 1. The highest BCUT2D eigenvalue weighted by molar-refractivity contribution is 5.93. The van der Waals surface area contributed by atoms with E-state index in [-0.39, 0.29) is 11.0 Å². The maximum absolute atomic E-state index is 11.9. The maximum Gasteiger partial charge on any atom is 0.339 e. The molecule has 24 heavy (non-hydrogen) atoms. The Hall–Kier alpha value is -2.29. The van der Waals surface area contributed by atoms with Crippen molar-refractivity contribution in [1.29, 1.82) is 0 Å². The molecule has 0 aliphatic carbocycles. The molecule has 0 amide bonds. The zero-order valence-corrected chi connectivity index (χ0v) is 15.3. The first-order valence-corrected chi connectivity index (χ1v) is 8.16. The third kappa shape index (κ3) is 3.61.